The summed E-state index contributed by atoms with van der Waals surface area (Å²) in [6.45, 7) is 6.91. The summed E-state index contributed by atoms with van der Waals surface area (Å²) in [5.74, 6) is 1.73. The Kier molecular flexibility index (Phi) is 10.5. The van der Waals surface area contributed by atoms with E-state index in [9.17, 15) is 9.59 Å². The Balaban J connectivity index is 0.00000342. The van der Waals surface area contributed by atoms with Crippen LogP contribution in [0.15, 0.2) is 54.7 Å². The van der Waals surface area contributed by atoms with Gasteiger partial charge in [0.05, 0.1) is 0 Å². The lowest BCUT2D eigenvalue weighted by atomic mass is 9.90. The summed E-state index contributed by atoms with van der Waals surface area (Å²) >= 11 is 0. The molecule has 2 saturated heterocycles. The fraction of sp³-hybridized carbons (Fsp3) is 0.536. The van der Waals surface area contributed by atoms with Gasteiger partial charge in [-0.05, 0) is 81.8 Å². The lowest BCUT2D eigenvalue weighted by molar-refractivity contribution is -0.133. The third-order valence-corrected chi connectivity index (χ3v) is 7.41. The van der Waals surface area contributed by atoms with Gasteiger partial charge < -0.3 is 9.80 Å². The number of amides is 2. The van der Waals surface area contributed by atoms with Crippen LogP contribution < -0.4 is 4.90 Å². The predicted octanol–water partition coefficient (Wildman–Crippen LogP) is 4.44. The monoisotopic (exact) mass is 498 g/mol. The van der Waals surface area contributed by atoms with E-state index in [1.807, 2.05) is 28.0 Å². The smallest absolute Gasteiger partial charge is 0.231 e. The number of piperidine rings is 2. The summed E-state index contributed by atoms with van der Waals surface area (Å²) in [5.41, 5.74) is 1.44. The number of nitrogens with zero attached hydrogens (tertiary/aromatic N) is 4. The zero-order valence-electron chi connectivity index (χ0n) is 20.8. The molecule has 0 unspecified atom stereocenters. The zero-order chi connectivity index (χ0) is 23.8. The van der Waals surface area contributed by atoms with Crippen molar-refractivity contribution >= 4 is 30.0 Å². The highest BCUT2D eigenvalue weighted by molar-refractivity contribution is 5.94. The predicted molar refractivity (Wildman–Crippen MR) is 143 cm³/mol. The van der Waals surface area contributed by atoms with Crippen LogP contribution in [0.3, 0.4) is 0 Å². The number of aromatic nitrogens is 1. The van der Waals surface area contributed by atoms with Gasteiger partial charge in [-0.15, -0.1) is 12.4 Å². The van der Waals surface area contributed by atoms with Crippen LogP contribution in [0.25, 0.3) is 0 Å². The van der Waals surface area contributed by atoms with Gasteiger partial charge in [-0.25, -0.2) is 4.98 Å². The van der Waals surface area contributed by atoms with Crippen molar-refractivity contribution in [3.05, 3.63) is 60.3 Å². The fourth-order valence-corrected chi connectivity index (χ4v) is 5.33. The normalized spacial score (nSPS) is 17.6. The number of carbonyl (C=O) groups is 2. The Morgan fingerprint density at radius 2 is 1.63 bits per heavy atom. The van der Waals surface area contributed by atoms with Gasteiger partial charge in [0.15, 0.2) is 0 Å². The summed E-state index contributed by atoms with van der Waals surface area (Å²) in [6, 6.07) is 16.6. The molecule has 0 bridgehead atoms. The molecule has 0 spiro atoms. The van der Waals surface area contributed by atoms with E-state index >= 15 is 0 Å². The average molecular weight is 499 g/mol. The number of hydrogen-bond donors (Lipinski definition) is 0. The fourth-order valence-electron chi connectivity index (χ4n) is 5.33. The van der Waals surface area contributed by atoms with Crippen molar-refractivity contribution in [2.45, 2.75) is 45.4 Å². The third kappa shape index (κ3) is 7.77. The van der Waals surface area contributed by atoms with Gasteiger partial charge in [0, 0.05) is 38.7 Å². The molecule has 35 heavy (non-hydrogen) atoms. The largest absolute Gasteiger partial charge is 0.343 e. The molecule has 2 fully saturated rings. The van der Waals surface area contributed by atoms with Gasteiger partial charge in [0.2, 0.25) is 11.8 Å². The molecule has 0 saturated carbocycles. The van der Waals surface area contributed by atoms with Crippen LogP contribution in [-0.4, -0.2) is 65.9 Å². The van der Waals surface area contributed by atoms with Gasteiger partial charge in [0.1, 0.15) is 5.82 Å². The van der Waals surface area contributed by atoms with Gasteiger partial charge in [-0.3, -0.25) is 14.5 Å². The number of rotatable bonds is 8. The summed E-state index contributed by atoms with van der Waals surface area (Å²) in [7, 11) is 0. The molecule has 7 heteroatoms. The van der Waals surface area contributed by atoms with E-state index in [0.29, 0.717) is 19.6 Å². The molecule has 0 aliphatic carbocycles. The maximum Gasteiger partial charge on any atom is 0.231 e. The Labute approximate surface area is 216 Å². The SMILES string of the molecule is CC(=O)N1CCC(C(=O)N(CCCN2CCC(Cc3ccccc3)CC2)c2ccccn2)CC1.Cl. The molecule has 6 nitrogen and oxygen atoms in total. The molecule has 4 rings (SSSR count). The Bertz CT molecular complexity index is 911. The van der Waals surface area contributed by atoms with Crippen molar-refractivity contribution in [2.24, 2.45) is 11.8 Å². The van der Waals surface area contributed by atoms with Crippen molar-refractivity contribution in [1.29, 1.82) is 0 Å². The first kappa shape index (κ1) is 27.2. The third-order valence-electron chi connectivity index (χ3n) is 7.41. The number of hydrogen-bond acceptors (Lipinski definition) is 4. The van der Waals surface area contributed by atoms with E-state index in [4.69, 9.17) is 0 Å². The van der Waals surface area contributed by atoms with Crippen molar-refractivity contribution in [2.75, 3.05) is 44.2 Å². The van der Waals surface area contributed by atoms with Crippen LogP contribution in [-0.2, 0) is 16.0 Å². The average Bonchev–Trinajstić information content (AvgIpc) is 2.88. The van der Waals surface area contributed by atoms with Gasteiger partial charge >= 0.3 is 0 Å². The Morgan fingerprint density at radius 1 is 0.943 bits per heavy atom. The van der Waals surface area contributed by atoms with Gasteiger partial charge in [0.25, 0.3) is 0 Å². The molecule has 190 valence electrons. The van der Waals surface area contributed by atoms with E-state index in [1.165, 1.54) is 24.8 Å². The molecule has 2 aliphatic rings. The topological polar surface area (TPSA) is 56.8 Å². The van der Waals surface area contributed by atoms with Crippen molar-refractivity contribution < 1.29 is 9.59 Å². The second kappa shape index (κ2) is 13.6. The molecule has 1 aromatic heterocycles. The van der Waals surface area contributed by atoms with Crippen LogP contribution in [0.2, 0.25) is 0 Å². The number of anilines is 1. The molecule has 2 amide bonds. The van der Waals surface area contributed by atoms with Gasteiger partial charge in [-0.1, -0.05) is 36.4 Å². The van der Waals surface area contributed by atoms with E-state index < -0.39 is 0 Å². The molecular weight excluding hydrogens is 460 g/mol. The van der Waals surface area contributed by atoms with Crippen LogP contribution in [0.4, 0.5) is 5.82 Å². The zero-order valence-corrected chi connectivity index (χ0v) is 21.7. The molecule has 0 radical (unpaired) electrons. The Hall–Kier alpha value is -2.44. The summed E-state index contributed by atoms with van der Waals surface area (Å²) in [5, 5.41) is 0. The van der Waals surface area contributed by atoms with Crippen molar-refractivity contribution in [1.82, 2.24) is 14.8 Å². The minimum Gasteiger partial charge on any atom is -0.343 e. The van der Waals surface area contributed by atoms with Crippen molar-refractivity contribution in [3.8, 4) is 0 Å². The molecule has 0 atom stereocenters. The standard InChI is InChI=1S/C28H38N4O2.ClH/c1-23(33)31-20-13-26(14-21-31)28(34)32(27-10-5-6-15-29-27)17-7-16-30-18-11-25(12-19-30)22-24-8-3-2-4-9-24;/h2-6,8-10,15,25-26H,7,11-14,16-22H2,1H3;1H. The van der Waals surface area contributed by atoms with Crippen molar-refractivity contribution in [3.63, 3.8) is 0 Å². The molecule has 0 N–H and O–H groups in total. The van der Waals surface area contributed by atoms with E-state index in [1.54, 1.807) is 13.1 Å². The quantitative estimate of drug-likeness (QED) is 0.540. The first-order valence-corrected chi connectivity index (χ1v) is 12.8. The van der Waals surface area contributed by atoms with E-state index in [-0.39, 0.29) is 30.1 Å². The van der Waals surface area contributed by atoms with E-state index in [2.05, 4.69) is 40.2 Å². The van der Waals surface area contributed by atoms with Crippen LogP contribution >= 0.6 is 12.4 Å². The molecule has 1 aromatic carbocycles. The minimum absolute atomic E-state index is 0. The maximum atomic E-state index is 13.4. The van der Waals surface area contributed by atoms with Crippen LogP contribution in [0, 0.1) is 11.8 Å². The lowest BCUT2D eigenvalue weighted by Crippen LogP contribution is -2.45. The summed E-state index contributed by atoms with van der Waals surface area (Å²) in [6.07, 6.45) is 7.83. The van der Waals surface area contributed by atoms with Crippen LogP contribution in [0.5, 0.6) is 0 Å². The highest BCUT2D eigenvalue weighted by atomic mass is 35.5. The molecular formula is C28H39ClN4O2. The summed E-state index contributed by atoms with van der Waals surface area (Å²) < 4.78 is 0. The second-order valence-electron chi connectivity index (χ2n) is 9.79. The second-order valence-corrected chi connectivity index (χ2v) is 9.79. The van der Waals surface area contributed by atoms with Crippen LogP contribution in [0.1, 0.15) is 44.6 Å². The minimum atomic E-state index is -0.0358. The number of halogens is 1. The molecule has 3 heterocycles. The summed E-state index contributed by atoms with van der Waals surface area (Å²) in [4.78, 5) is 35.9. The first-order chi connectivity index (χ1) is 16.6. The maximum absolute atomic E-state index is 13.4. The number of benzene rings is 1. The lowest BCUT2D eigenvalue weighted by Gasteiger charge is -2.34. The molecule has 2 aliphatic heterocycles. The highest BCUT2D eigenvalue weighted by Crippen LogP contribution is 2.24. The van der Waals surface area contributed by atoms with Gasteiger partial charge in [-0.2, -0.15) is 0 Å². The first-order valence-electron chi connectivity index (χ1n) is 12.8. The number of pyridine rings is 1. The number of carbonyl (C=O) groups excluding carboxylic acids is 2. The highest BCUT2D eigenvalue weighted by Gasteiger charge is 2.30. The Morgan fingerprint density at radius 3 is 2.26 bits per heavy atom. The molecule has 2 aromatic rings. The van der Waals surface area contributed by atoms with E-state index in [0.717, 1.165) is 50.6 Å². The number of likely N-dealkylation sites (tertiary alicyclic amines) is 2.